The molecule has 3 rings (SSSR count). The van der Waals surface area contributed by atoms with E-state index in [0.717, 1.165) is 5.56 Å². The minimum atomic E-state index is -0.454. The lowest BCUT2D eigenvalue weighted by Crippen LogP contribution is -2.25. The lowest BCUT2D eigenvalue weighted by molar-refractivity contribution is 0.0946. The fraction of sp³-hybridized carbons (Fsp3) is 0.188. The fourth-order valence-electron chi connectivity index (χ4n) is 2.27. The van der Waals surface area contributed by atoms with Gasteiger partial charge in [-0.1, -0.05) is 12.1 Å². The third kappa shape index (κ3) is 2.98. The second-order valence-corrected chi connectivity index (χ2v) is 5.32. The number of aryl methyl sites for hydroxylation is 1. The van der Waals surface area contributed by atoms with Crippen molar-refractivity contribution in [1.29, 1.82) is 0 Å². The number of fused-ring (bicyclic) bond motifs is 1. The molecular formula is C16H14FN5O2. The van der Waals surface area contributed by atoms with E-state index in [9.17, 15) is 14.0 Å². The molecule has 122 valence electrons. The molecule has 1 amide bonds. The molecule has 0 spiro atoms. The zero-order valence-electron chi connectivity index (χ0n) is 13.1. The van der Waals surface area contributed by atoms with Gasteiger partial charge >= 0.3 is 0 Å². The Hall–Kier alpha value is -3.16. The van der Waals surface area contributed by atoms with Crippen LogP contribution in [0.15, 0.2) is 30.6 Å². The number of amides is 1. The summed E-state index contributed by atoms with van der Waals surface area (Å²) in [6.45, 7) is 3.24. The number of carbonyl (C=O) groups excluding carboxylic acids is 2. The molecule has 0 radical (unpaired) electrons. The van der Waals surface area contributed by atoms with Crippen molar-refractivity contribution >= 4 is 17.5 Å². The number of hydrogen-bond acceptors (Lipinski definition) is 5. The van der Waals surface area contributed by atoms with Crippen LogP contribution >= 0.6 is 0 Å². The lowest BCUT2D eigenvalue weighted by atomic mass is 10.1. The molecule has 3 aromatic rings. The maximum absolute atomic E-state index is 13.3. The van der Waals surface area contributed by atoms with Gasteiger partial charge in [-0.05, 0) is 30.2 Å². The van der Waals surface area contributed by atoms with Gasteiger partial charge in [0.2, 0.25) is 0 Å². The average molecular weight is 327 g/mol. The summed E-state index contributed by atoms with van der Waals surface area (Å²) in [6, 6.07) is 5.98. The van der Waals surface area contributed by atoms with Crippen molar-refractivity contribution in [3.8, 4) is 0 Å². The molecule has 0 fully saturated rings. The zero-order valence-corrected chi connectivity index (χ0v) is 13.1. The highest BCUT2D eigenvalue weighted by Crippen LogP contribution is 2.10. The first-order valence-corrected chi connectivity index (χ1v) is 7.20. The van der Waals surface area contributed by atoms with Crippen LogP contribution in [0.5, 0.6) is 0 Å². The van der Waals surface area contributed by atoms with Gasteiger partial charge in [-0.2, -0.15) is 14.6 Å². The lowest BCUT2D eigenvalue weighted by Gasteiger charge is -2.07. The number of hydrogen-bond donors (Lipinski definition) is 1. The standard InChI is InChI=1S/C16H14FN5O2/c1-9-5-11(3-4-12(9)17)7-18-15(24)13-6-14(10(2)23)22-16(21-13)19-8-20-22/h3-6,8H,7H2,1-2H3,(H,18,24). The number of nitrogens with one attached hydrogen (secondary N) is 1. The smallest absolute Gasteiger partial charge is 0.270 e. The Bertz CT molecular complexity index is 951. The minimum absolute atomic E-state index is 0.0690. The van der Waals surface area contributed by atoms with Gasteiger partial charge in [0.15, 0.2) is 5.78 Å². The van der Waals surface area contributed by atoms with Crippen LogP contribution in [0.3, 0.4) is 0 Å². The van der Waals surface area contributed by atoms with E-state index in [-0.39, 0.29) is 35.3 Å². The summed E-state index contributed by atoms with van der Waals surface area (Å²) in [5.74, 6) is -0.832. The summed E-state index contributed by atoms with van der Waals surface area (Å²) in [4.78, 5) is 32.0. The molecule has 24 heavy (non-hydrogen) atoms. The summed E-state index contributed by atoms with van der Waals surface area (Å²) in [6.07, 6.45) is 1.26. The topological polar surface area (TPSA) is 89.2 Å². The molecule has 0 bridgehead atoms. The van der Waals surface area contributed by atoms with Gasteiger partial charge in [0, 0.05) is 13.5 Å². The van der Waals surface area contributed by atoms with Crippen LogP contribution in [-0.4, -0.2) is 31.3 Å². The zero-order chi connectivity index (χ0) is 17.3. The van der Waals surface area contributed by atoms with Crippen molar-refractivity contribution in [3.05, 3.63) is 58.9 Å². The highest BCUT2D eigenvalue weighted by atomic mass is 19.1. The maximum Gasteiger partial charge on any atom is 0.270 e. The first-order chi connectivity index (χ1) is 11.5. The number of ketones is 1. The Balaban J connectivity index is 1.83. The van der Waals surface area contributed by atoms with Crippen LogP contribution in [0.2, 0.25) is 0 Å². The molecule has 0 unspecified atom stereocenters. The van der Waals surface area contributed by atoms with Crippen LogP contribution in [0, 0.1) is 12.7 Å². The average Bonchev–Trinajstić information content (AvgIpc) is 3.03. The molecule has 1 aromatic carbocycles. The molecule has 0 aliphatic rings. The normalized spacial score (nSPS) is 10.8. The van der Waals surface area contributed by atoms with Gasteiger partial charge in [0.1, 0.15) is 23.5 Å². The first-order valence-electron chi connectivity index (χ1n) is 7.20. The van der Waals surface area contributed by atoms with E-state index in [4.69, 9.17) is 0 Å². The highest BCUT2D eigenvalue weighted by molar-refractivity contribution is 5.98. The van der Waals surface area contributed by atoms with Crippen LogP contribution in [0.25, 0.3) is 5.78 Å². The predicted molar refractivity (Wildman–Crippen MR) is 83.1 cm³/mol. The van der Waals surface area contributed by atoms with Crippen LogP contribution in [0.4, 0.5) is 4.39 Å². The summed E-state index contributed by atoms with van der Waals surface area (Å²) >= 11 is 0. The second kappa shape index (κ2) is 6.15. The molecule has 0 aliphatic heterocycles. The Labute approximate surface area is 136 Å². The van der Waals surface area contributed by atoms with Gasteiger partial charge in [-0.25, -0.2) is 9.37 Å². The van der Waals surface area contributed by atoms with Gasteiger partial charge in [0.05, 0.1) is 0 Å². The van der Waals surface area contributed by atoms with E-state index in [1.165, 1.54) is 29.9 Å². The molecule has 0 saturated heterocycles. The van der Waals surface area contributed by atoms with Crippen molar-refractivity contribution in [2.24, 2.45) is 0 Å². The van der Waals surface area contributed by atoms with Gasteiger partial charge < -0.3 is 5.32 Å². The van der Waals surface area contributed by atoms with Crippen molar-refractivity contribution in [3.63, 3.8) is 0 Å². The summed E-state index contributed by atoms with van der Waals surface area (Å²) in [5, 5.41) is 6.60. The minimum Gasteiger partial charge on any atom is -0.347 e. The molecular weight excluding hydrogens is 313 g/mol. The Kier molecular flexibility index (Phi) is 4.03. The SMILES string of the molecule is CC(=O)c1cc(C(=O)NCc2ccc(F)c(C)c2)nc2ncnn12. The first kappa shape index (κ1) is 15.7. The summed E-state index contributed by atoms with van der Waals surface area (Å²) in [5.41, 5.74) is 1.56. The molecule has 2 heterocycles. The van der Waals surface area contributed by atoms with Crippen molar-refractivity contribution < 1.29 is 14.0 Å². The number of carbonyl (C=O) groups is 2. The van der Waals surface area contributed by atoms with Crippen LogP contribution in [0.1, 0.15) is 39.0 Å². The number of nitrogens with zero attached hydrogens (tertiary/aromatic N) is 4. The van der Waals surface area contributed by atoms with Crippen molar-refractivity contribution in [2.45, 2.75) is 20.4 Å². The quantitative estimate of drug-likeness (QED) is 0.737. The number of aromatic nitrogens is 4. The third-order valence-electron chi connectivity index (χ3n) is 3.52. The molecule has 0 saturated carbocycles. The Morgan fingerprint density at radius 1 is 1.29 bits per heavy atom. The largest absolute Gasteiger partial charge is 0.347 e. The van der Waals surface area contributed by atoms with Crippen LogP contribution in [-0.2, 0) is 6.54 Å². The maximum atomic E-state index is 13.3. The van der Waals surface area contributed by atoms with E-state index in [0.29, 0.717) is 5.56 Å². The monoisotopic (exact) mass is 327 g/mol. The van der Waals surface area contributed by atoms with E-state index in [1.807, 2.05) is 0 Å². The number of Topliss-reactive ketones (excluding diaryl/α,β-unsaturated/α-hetero) is 1. The van der Waals surface area contributed by atoms with Gasteiger partial charge in [0.25, 0.3) is 11.7 Å². The third-order valence-corrected chi connectivity index (χ3v) is 3.52. The van der Waals surface area contributed by atoms with Crippen LogP contribution < -0.4 is 5.32 Å². The van der Waals surface area contributed by atoms with Crippen molar-refractivity contribution in [1.82, 2.24) is 24.9 Å². The fourth-order valence-corrected chi connectivity index (χ4v) is 2.27. The molecule has 1 N–H and O–H groups in total. The predicted octanol–water partition coefficient (Wildman–Crippen LogP) is 1.70. The second-order valence-electron chi connectivity index (χ2n) is 5.32. The summed E-state index contributed by atoms with van der Waals surface area (Å²) in [7, 11) is 0. The summed E-state index contributed by atoms with van der Waals surface area (Å²) < 4.78 is 14.5. The molecule has 2 aromatic heterocycles. The number of rotatable bonds is 4. The number of halogens is 1. The molecule has 7 nitrogen and oxygen atoms in total. The Morgan fingerprint density at radius 3 is 2.79 bits per heavy atom. The van der Waals surface area contributed by atoms with Crippen molar-refractivity contribution in [2.75, 3.05) is 0 Å². The molecule has 0 atom stereocenters. The molecule has 0 aliphatic carbocycles. The van der Waals surface area contributed by atoms with E-state index >= 15 is 0 Å². The van der Waals surface area contributed by atoms with E-state index < -0.39 is 5.91 Å². The van der Waals surface area contributed by atoms with Gasteiger partial charge in [-0.3, -0.25) is 9.59 Å². The highest BCUT2D eigenvalue weighted by Gasteiger charge is 2.15. The van der Waals surface area contributed by atoms with E-state index in [2.05, 4.69) is 20.4 Å². The van der Waals surface area contributed by atoms with Gasteiger partial charge in [-0.15, -0.1) is 0 Å². The Morgan fingerprint density at radius 2 is 2.08 bits per heavy atom. The van der Waals surface area contributed by atoms with E-state index in [1.54, 1.807) is 19.1 Å². The molecule has 8 heteroatoms. The number of benzene rings is 1.